The number of anilines is 1. The molecule has 0 aromatic carbocycles. The standard InChI is InChI=1S/C12H12N6/c1-9-3-2-4-11-16-12(17-18(9)11)14-7-10-5-6-13-8-15-10/h2-6,8H,7H2,1H3,(H,14,17). The number of aryl methyl sites for hydroxylation is 1. The molecule has 0 saturated carbocycles. The fraction of sp³-hybridized carbons (Fsp3) is 0.167. The van der Waals surface area contributed by atoms with E-state index in [1.54, 1.807) is 6.20 Å². The molecule has 3 aromatic heterocycles. The fourth-order valence-electron chi connectivity index (χ4n) is 1.70. The van der Waals surface area contributed by atoms with Gasteiger partial charge >= 0.3 is 0 Å². The van der Waals surface area contributed by atoms with Gasteiger partial charge in [-0.1, -0.05) is 6.07 Å². The van der Waals surface area contributed by atoms with Crippen molar-refractivity contribution in [2.24, 2.45) is 0 Å². The van der Waals surface area contributed by atoms with Crippen LogP contribution in [0.25, 0.3) is 5.65 Å². The average Bonchev–Trinajstić information content (AvgIpc) is 2.82. The van der Waals surface area contributed by atoms with E-state index in [1.807, 2.05) is 35.7 Å². The molecule has 0 aliphatic heterocycles. The second-order valence-electron chi connectivity index (χ2n) is 3.93. The van der Waals surface area contributed by atoms with Gasteiger partial charge in [0.15, 0.2) is 5.65 Å². The number of rotatable bonds is 3. The van der Waals surface area contributed by atoms with Crippen LogP contribution in [0.1, 0.15) is 11.4 Å². The van der Waals surface area contributed by atoms with Crippen LogP contribution in [0.5, 0.6) is 0 Å². The first-order chi connectivity index (χ1) is 8.83. The molecule has 0 radical (unpaired) electrons. The monoisotopic (exact) mass is 240 g/mol. The number of pyridine rings is 1. The molecule has 6 nitrogen and oxygen atoms in total. The first-order valence-electron chi connectivity index (χ1n) is 5.64. The molecule has 0 atom stereocenters. The van der Waals surface area contributed by atoms with Gasteiger partial charge in [0.05, 0.1) is 12.2 Å². The lowest BCUT2D eigenvalue weighted by Crippen LogP contribution is -2.03. The summed E-state index contributed by atoms with van der Waals surface area (Å²) in [7, 11) is 0. The van der Waals surface area contributed by atoms with Crippen molar-refractivity contribution in [3.8, 4) is 0 Å². The molecule has 3 heterocycles. The van der Waals surface area contributed by atoms with Crippen molar-refractivity contribution < 1.29 is 0 Å². The first kappa shape index (κ1) is 10.6. The predicted octanol–water partition coefficient (Wildman–Crippen LogP) is 1.44. The molecule has 0 aliphatic rings. The van der Waals surface area contributed by atoms with Crippen LogP contribution in [0.4, 0.5) is 5.95 Å². The smallest absolute Gasteiger partial charge is 0.243 e. The molecule has 0 aliphatic carbocycles. The van der Waals surface area contributed by atoms with Crippen LogP contribution in [0.3, 0.4) is 0 Å². The Morgan fingerprint density at radius 1 is 1.28 bits per heavy atom. The van der Waals surface area contributed by atoms with Crippen molar-refractivity contribution in [3.63, 3.8) is 0 Å². The molecule has 3 rings (SSSR count). The van der Waals surface area contributed by atoms with Crippen molar-refractivity contribution in [2.75, 3.05) is 5.32 Å². The molecule has 6 heteroatoms. The number of nitrogens with zero attached hydrogens (tertiary/aromatic N) is 5. The number of nitrogens with one attached hydrogen (secondary N) is 1. The van der Waals surface area contributed by atoms with Gasteiger partial charge in [-0.25, -0.2) is 14.5 Å². The maximum absolute atomic E-state index is 4.39. The second kappa shape index (κ2) is 4.40. The predicted molar refractivity (Wildman–Crippen MR) is 67.1 cm³/mol. The van der Waals surface area contributed by atoms with Crippen LogP contribution >= 0.6 is 0 Å². The van der Waals surface area contributed by atoms with Gasteiger partial charge in [0.25, 0.3) is 0 Å². The average molecular weight is 240 g/mol. The largest absolute Gasteiger partial charge is 0.347 e. The van der Waals surface area contributed by atoms with E-state index in [1.165, 1.54) is 6.33 Å². The zero-order valence-electron chi connectivity index (χ0n) is 9.91. The molecule has 3 aromatic rings. The van der Waals surface area contributed by atoms with Gasteiger partial charge in [0.2, 0.25) is 5.95 Å². The minimum atomic E-state index is 0.582. The maximum Gasteiger partial charge on any atom is 0.243 e. The summed E-state index contributed by atoms with van der Waals surface area (Å²) in [4.78, 5) is 12.4. The quantitative estimate of drug-likeness (QED) is 0.750. The van der Waals surface area contributed by atoms with Crippen LogP contribution in [-0.2, 0) is 6.54 Å². The molecule has 0 saturated heterocycles. The summed E-state index contributed by atoms with van der Waals surface area (Å²) in [6.07, 6.45) is 3.24. The summed E-state index contributed by atoms with van der Waals surface area (Å²) in [6, 6.07) is 7.74. The molecule has 0 unspecified atom stereocenters. The van der Waals surface area contributed by atoms with Gasteiger partial charge in [-0.05, 0) is 25.1 Å². The number of aromatic nitrogens is 5. The molecule has 1 N–H and O–H groups in total. The van der Waals surface area contributed by atoms with Crippen LogP contribution in [0.2, 0.25) is 0 Å². The highest BCUT2D eigenvalue weighted by atomic mass is 15.3. The Hall–Kier alpha value is -2.50. The van der Waals surface area contributed by atoms with E-state index in [-0.39, 0.29) is 0 Å². The van der Waals surface area contributed by atoms with Crippen LogP contribution < -0.4 is 5.32 Å². The summed E-state index contributed by atoms with van der Waals surface area (Å²) < 4.78 is 1.81. The lowest BCUT2D eigenvalue weighted by molar-refractivity contribution is 0.903. The van der Waals surface area contributed by atoms with Gasteiger partial charge in [-0.15, -0.1) is 5.10 Å². The highest BCUT2D eigenvalue weighted by Crippen LogP contribution is 2.08. The van der Waals surface area contributed by atoms with E-state index in [2.05, 4.69) is 25.4 Å². The highest BCUT2D eigenvalue weighted by molar-refractivity contribution is 5.44. The van der Waals surface area contributed by atoms with Crippen molar-refractivity contribution >= 4 is 11.6 Å². The summed E-state index contributed by atoms with van der Waals surface area (Å²) in [5.41, 5.74) is 2.79. The molecular formula is C12H12N6. The summed E-state index contributed by atoms with van der Waals surface area (Å²) in [5.74, 6) is 0.600. The van der Waals surface area contributed by atoms with E-state index >= 15 is 0 Å². The van der Waals surface area contributed by atoms with Crippen molar-refractivity contribution in [3.05, 3.63) is 48.2 Å². The third-order valence-corrected chi connectivity index (χ3v) is 2.62. The Morgan fingerprint density at radius 3 is 3.00 bits per heavy atom. The molecule has 90 valence electrons. The molecule has 0 amide bonds. The normalized spacial score (nSPS) is 10.7. The molecular weight excluding hydrogens is 228 g/mol. The Labute approximate surface area is 104 Å². The van der Waals surface area contributed by atoms with Crippen molar-refractivity contribution in [1.29, 1.82) is 0 Å². The lowest BCUT2D eigenvalue weighted by atomic mass is 10.4. The highest BCUT2D eigenvalue weighted by Gasteiger charge is 2.04. The Morgan fingerprint density at radius 2 is 2.22 bits per heavy atom. The van der Waals surface area contributed by atoms with Crippen molar-refractivity contribution in [2.45, 2.75) is 13.5 Å². The summed E-state index contributed by atoms with van der Waals surface area (Å²) in [6.45, 7) is 2.58. The number of hydrogen-bond donors (Lipinski definition) is 1. The lowest BCUT2D eigenvalue weighted by Gasteiger charge is -1.99. The first-order valence-corrected chi connectivity index (χ1v) is 5.64. The second-order valence-corrected chi connectivity index (χ2v) is 3.93. The summed E-state index contributed by atoms with van der Waals surface area (Å²) >= 11 is 0. The zero-order valence-corrected chi connectivity index (χ0v) is 9.91. The van der Waals surface area contributed by atoms with Gasteiger partial charge in [-0.3, -0.25) is 0 Å². The van der Waals surface area contributed by atoms with Crippen LogP contribution in [-0.4, -0.2) is 24.6 Å². The van der Waals surface area contributed by atoms with Crippen LogP contribution in [0, 0.1) is 6.92 Å². The minimum Gasteiger partial charge on any atom is -0.347 e. The van der Waals surface area contributed by atoms with Gasteiger partial charge in [0, 0.05) is 11.9 Å². The minimum absolute atomic E-state index is 0.582. The van der Waals surface area contributed by atoms with E-state index in [9.17, 15) is 0 Å². The van der Waals surface area contributed by atoms with Gasteiger partial charge in [-0.2, -0.15) is 4.98 Å². The van der Waals surface area contributed by atoms with Gasteiger partial charge in [0.1, 0.15) is 6.33 Å². The number of fused-ring (bicyclic) bond motifs is 1. The van der Waals surface area contributed by atoms with E-state index < -0.39 is 0 Å². The maximum atomic E-state index is 4.39. The number of hydrogen-bond acceptors (Lipinski definition) is 5. The van der Waals surface area contributed by atoms with Gasteiger partial charge < -0.3 is 5.32 Å². The molecule has 0 bridgehead atoms. The van der Waals surface area contributed by atoms with Crippen LogP contribution in [0.15, 0.2) is 36.8 Å². The molecule has 0 spiro atoms. The Bertz CT molecular complexity index is 661. The SMILES string of the molecule is Cc1cccc2nc(NCc3ccncn3)nn12. The summed E-state index contributed by atoms with van der Waals surface area (Å²) in [5, 5.41) is 7.52. The Balaban J connectivity index is 1.81. The van der Waals surface area contributed by atoms with E-state index in [4.69, 9.17) is 0 Å². The third-order valence-electron chi connectivity index (χ3n) is 2.62. The fourth-order valence-corrected chi connectivity index (χ4v) is 1.70. The zero-order chi connectivity index (χ0) is 12.4. The third kappa shape index (κ3) is 2.00. The molecule has 0 fully saturated rings. The van der Waals surface area contributed by atoms with E-state index in [0.29, 0.717) is 12.5 Å². The topological polar surface area (TPSA) is 68.0 Å². The van der Waals surface area contributed by atoms with E-state index in [0.717, 1.165) is 17.0 Å². The van der Waals surface area contributed by atoms with Crippen molar-refractivity contribution in [1.82, 2.24) is 24.6 Å². The Kier molecular flexibility index (Phi) is 2.60. The molecule has 18 heavy (non-hydrogen) atoms.